The quantitative estimate of drug-likeness (QED) is 0.217. The maximum Gasteiger partial charge on any atom is 0.266 e. The van der Waals surface area contributed by atoms with Crippen LogP contribution in [0.4, 0.5) is 5.69 Å². The zero-order chi connectivity index (χ0) is 21.2. The van der Waals surface area contributed by atoms with E-state index in [-0.39, 0.29) is 5.57 Å². The Morgan fingerprint density at radius 3 is 2.55 bits per heavy atom. The summed E-state index contributed by atoms with van der Waals surface area (Å²) in [6.45, 7) is 8.42. The SMILES string of the molecule is C=CCOc1c(I)cc(/C=C(/C#N)C(=O)Nc2ccc(CC)cc2)cc1OCC. The van der Waals surface area contributed by atoms with Gasteiger partial charge in [-0.15, -0.1) is 0 Å². The molecule has 2 aromatic rings. The minimum atomic E-state index is -0.461. The number of anilines is 1. The molecule has 1 N–H and O–H groups in total. The van der Waals surface area contributed by atoms with Gasteiger partial charge in [0.2, 0.25) is 0 Å². The highest BCUT2D eigenvalue weighted by molar-refractivity contribution is 14.1. The van der Waals surface area contributed by atoms with Gasteiger partial charge in [0, 0.05) is 5.69 Å². The van der Waals surface area contributed by atoms with Gasteiger partial charge in [0.15, 0.2) is 11.5 Å². The largest absolute Gasteiger partial charge is 0.490 e. The van der Waals surface area contributed by atoms with Gasteiger partial charge in [0.1, 0.15) is 18.2 Å². The smallest absolute Gasteiger partial charge is 0.266 e. The van der Waals surface area contributed by atoms with Crippen molar-refractivity contribution in [2.75, 3.05) is 18.5 Å². The normalized spacial score (nSPS) is 10.8. The molecular weight excluding hydrogens is 479 g/mol. The van der Waals surface area contributed by atoms with Gasteiger partial charge in [-0.05, 0) is 77.4 Å². The zero-order valence-corrected chi connectivity index (χ0v) is 18.7. The maximum atomic E-state index is 12.5. The number of amides is 1. The summed E-state index contributed by atoms with van der Waals surface area (Å²) in [6.07, 6.45) is 4.12. The maximum absolute atomic E-state index is 12.5. The van der Waals surface area contributed by atoms with Crippen LogP contribution < -0.4 is 14.8 Å². The molecule has 0 bridgehead atoms. The Bertz CT molecular complexity index is 944. The van der Waals surface area contributed by atoms with Crippen molar-refractivity contribution in [2.24, 2.45) is 0 Å². The van der Waals surface area contributed by atoms with Crippen LogP contribution in [0.15, 0.2) is 54.6 Å². The first-order valence-corrected chi connectivity index (χ1v) is 10.3. The van der Waals surface area contributed by atoms with E-state index in [4.69, 9.17) is 9.47 Å². The predicted octanol–water partition coefficient (Wildman–Crippen LogP) is 5.36. The van der Waals surface area contributed by atoms with E-state index >= 15 is 0 Å². The highest BCUT2D eigenvalue weighted by Crippen LogP contribution is 2.35. The minimum Gasteiger partial charge on any atom is -0.490 e. The molecule has 0 aliphatic carbocycles. The van der Waals surface area contributed by atoms with Crippen molar-refractivity contribution in [1.29, 1.82) is 5.26 Å². The van der Waals surface area contributed by atoms with Crippen LogP contribution in [0.2, 0.25) is 0 Å². The molecule has 0 aliphatic rings. The van der Waals surface area contributed by atoms with Crippen LogP contribution in [-0.4, -0.2) is 19.1 Å². The predicted molar refractivity (Wildman–Crippen MR) is 124 cm³/mol. The fourth-order valence-corrected chi connectivity index (χ4v) is 3.34. The summed E-state index contributed by atoms with van der Waals surface area (Å²) >= 11 is 2.14. The van der Waals surface area contributed by atoms with Crippen molar-refractivity contribution in [3.05, 3.63) is 69.3 Å². The Hall–Kier alpha value is -2.79. The number of hydrogen-bond donors (Lipinski definition) is 1. The van der Waals surface area contributed by atoms with Gasteiger partial charge >= 0.3 is 0 Å². The first-order valence-electron chi connectivity index (χ1n) is 9.24. The molecule has 150 valence electrons. The number of nitriles is 1. The molecule has 0 radical (unpaired) electrons. The fraction of sp³-hybridized carbons (Fsp3) is 0.217. The number of aryl methyl sites for hydroxylation is 1. The number of hydrogen-bond acceptors (Lipinski definition) is 4. The van der Waals surface area contributed by atoms with E-state index in [1.807, 2.05) is 43.3 Å². The molecule has 6 heteroatoms. The van der Waals surface area contributed by atoms with Crippen molar-refractivity contribution in [3.63, 3.8) is 0 Å². The summed E-state index contributed by atoms with van der Waals surface area (Å²) < 4.78 is 12.2. The molecule has 0 aliphatic heterocycles. The second-order valence-electron chi connectivity index (χ2n) is 6.04. The molecule has 1 amide bonds. The highest BCUT2D eigenvalue weighted by Gasteiger charge is 2.14. The Labute approximate surface area is 185 Å². The van der Waals surface area contributed by atoms with Crippen LogP contribution in [0, 0.1) is 14.9 Å². The van der Waals surface area contributed by atoms with E-state index in [0.29, 0.717) is 36.0 Å². The Morgan fingerprint density at radius 2 is 1.97 bits per heavy atom. The Kier molecular flexibility index (Phi) is 8.74. The van der Waals surface area contributed by atoms with Crippen LogP contribution >= 0.6 is 22.6 Å². The number of carbonyl (C=O) groups excluding carboxylic acids is 1. The van der Waals surface area contributed by atoms with Gasteiger partial charge in [0.05, 0.1) is 10.2 Å². The molecular formula is C23H23IN2O3. The molecule has 0 unspecified atom stereocenters. The number of ether oxygens (including phenoxy) is 2. The van der Waals surface area contributed by atoms with Crippen molar-refractivity contribution in [1.82, 2.24) is 0 Å². The van der Waals surface area contributed by atoms with Crippen LogP contribution in [0.3, 0.4) is 0 Å². The van der Waals surface area contributed by atoms with Gasteiger partial charge < -0.3 is 14.8 Å². The number of nitrogens with zero attached hydrogens (tertiary/aromatic N) is 1. The summed E-state index contributed by atoms with van der Waals surface area (Å²) in [7, 11) is 0. The third kappa shape index (κ3) is 6.36. The number of rotatable bonds is 9. The molecule has 0 aromatic heterocycles. The third-order valence-electron chi connectivity index (χ3n) is 3.97. The number of halogens is 1. The lowest BCUT2D eigenvalue weighted by Gasteiger charge is -2.14. The van der Waals surface area contributed by atoms with Crippen molar-refractivity contribution < 1.29 is 14.3 Å². The molecule has 2 rings (SSSR count). The molecule has 0 saturated carbocycles. The first kappa shape index (κ1) is 22.5. The summed E-state index contributed by atoms with van der Waals surface area (Å²) in [4.78, 5) is 12.5. The zero-order valence-electron chi connectivity index (χ0n) is 16.5. The Balaban J connectivity index is 2.29. The van der Waals surface area contributed by atoms with Crippen LogP contribution in [-0.2, 0) is 11.2 Å². The van der Waals surface area contributed by atoms with Crippen molar-refractivity contribution in [3.8, 4) is 17.6 Å². The highest BCUT2D eigenvalue weighted by atomic mass is 127. The van der Waals surface area contributed by atoms with Crippen LogP contribution in [0.1, 0.15) is 25.0 Å². The first-order chi connectivity index (χ1) is 14.0. The van der Waals surface area contributed by atoms with E-state index in [1.54, 1.807) is 12.1 Å². The van der Waals surface area contributed by atoms with E-state index in [9.17, 15) is 10.1 Å². The topological polar surface area (TPSA) is 71.3 Å². The standard InChI is InChI=1S/C23H23IN2O3/c1-4-11-29-22-20(24)13-17(14-21(22)28-6-3)12-18(15-25)23(27)26-19-9-7-16(5-2)8-10-19/h4,7-10,12-14H,1,5-6,11H2,2-3H3,(H,26,27)/b18-12-. The molecule has 0 spiro atoms. The molecule has 2 aromatic carbocycles. The van der Waals surface area contributed by atoms with E-state index in [0.717, 1.165) is 9.99 Å². The van der Waals surface area contributed by atoms with Crippen molar-refractivity contribution in [2.45, 2.75) is 20.3 Å². The second kappa shape index (κ2) is 11.3. The molecule has 29 heavy (non-hydrogen) atoms. The number of benzene rings is 2. The summed E-state index contributed by atoms with van der Waals surface area (Å²) in [5.41, 5.74) is 2.50. The molecule has 0 atom stereocenters. The monoisotopic (exact) mass is 502 g/mol. The van der Waals surface area contributed by atoms with Gasteiger partial charge in [-0.3, -0.25) is 4.79 Å². The van der Waals surface area contributed by atoms with Gasteiger partial charge in [-0.2, -0.15) is 5.26 Å². The molecule has 0 fully saturated rings. The second-order valence-corrected chi connectivity index (χ2v) is 7.20. The third-order valence-corrected chi connectivity index (χ3v) is 4.77. The van der Waals surface area contributed by atoms with Crippen LogP contribution in [0.5, 0.6) is 11.5 Å². The average Bonchev–Trinajstić information content (AvgIpc) is 2.72. The fourth-order valence-electron chi connectivity index (χ4n) is 2.55. The number of nitrogens with one attached hydrogen (secondary N) is 1. The lowest BCUT2D eigenvalue weighted by molar-refractivity contribution is -0.112. The van der Waals surface area contributed by atoms with Crippen LogP contribution in [0.25, 0.3) is 6.08 Å². The molecule has 0 saturated heterocycles. The van der Waals surface area contributed by atoms with E-state index in [2.05, 4.69) is 41.4 Å². The van der Waals surface area contributed by atoms with Gasteiger partial charge in [-0.1, -0.05) is 31.7 Å². The minimum absolute atomic E-state index is 0.00239. The number of carbonyl (C=O) groups is 1. The van der Waals surface area contributed by atoms with Crippen molar-refractivity contribution >= 4 is 40.3 Å². The lowest BCUT2D eigenvalue weighted by atomic mass is 10.1. The van der Waals surface area contributed by atoms with E-state index < -0.39 is 5.91 Å². The summed E-state index contributed by atoms with van der Waals surface area (Å²) in [5, 5.41) is 12.2. The summed E-state index contributed by atoms with van der Waals surface area (Å²) in [5.74, 6) is 0.709. The molecule has 5 nitrogen and oxygen atoms in total. The Morgan fingerprint density at radius 1 is 1.24 bits per heavy atom. The molecule has 0 heterocycles. The average molecular weight is 502 g/mol. The van der Waals surface area contributed by atoms with Gasteiger partial charge in [-0.25, -0.2) is 0 Å². The lowest BCUT2D eigenvalue weighted by Crippen LogP contribution is -2.13. The van der Waals surface area contributed by atoms with Gasteiger partial charge in [0.25, 0.3) is 5.91 Å². The summed E-state index contributed by atoms with van der Waals surface area (Å²) in [6, 6.07) is 13.1. The van der Waals surface area contributed by atoms with E-state index in [1.165, 1.54) is 11.6 Å².